The Morgan fingerprint density at radius 1 is 1.08 bits per heavy atom. The number of para-hydroxylation sites is 2. The maximum absolute atomic E-state index is 13.0. The van der Waals surface area contributed by atoms with Gasteiger partial charge in [-0.1, -0.05) is 31.2 Å². The number of hydrogen-bond donors (Lipinski definition) is 1. The molecule has 5 nitrogen and oxygen atoms in total. The molecule has 0 bridgehead atoms. The van der Waals surface area contributed by atoms with Gasteiger partial charge in [0.05, 0.1) is 11.0 Å². The van der Waals surface area contributed by atoms with Crippen LogP contribution in [0.15, 0.2) is 53.3 Å². The van der Waals surface area contributed by atoms with Crippen LogP contribution in [-0.4, -0.2) is 35.0 Å². The number of carbonyl (C=O) groups excluding carboxylic acids is 1. The molecule has 1 aliphatic rings. The van der Waals surface area contributed by atoms with Crippen LogP contribution >= 0.6 is 0 Å². The van der Waals surface area contributed by atoms with E-state index in [2.05, 4.69) is 6.92 Å². The van der Waals surface area contributed by atoms with E-state index in [0.29, 0.717) is 23.9 Å². The minimum Gasteiger partial charge on any atom is -0.341 e. The number of aromatic nitrogens is 1. The van der Waals surface area contributed by atoms with Crippen molar-refractivity contribution in [2.45, 2.75) is 19.9 Å². The number of carbonyl (C=O) groups is 1. The van der Waals surface area contributed by atoms with Crippen molar-refractivity contribution in [3.05, 3.63) is 58.8 Å². The van der Waals surface area contributed by atoms with E-state index in [-0.39, 0.29) is 23.3 Å². The lowest BCUT2D eigenvalue weighted by atomic mass is 9.90. The highest BCUT2D eigenvalue weighted by molar-refractivity contribution is 5.94. The van der Waals surface area contributed by atoms with E-state index in [1.807, 2.05) is 58.0 Å². The fourth-order valence-corrected chi connectivity index (χ4v) is 3.89. The lowest BCUT2D eigenvalue weighted by Crippen LogP contribution is -2.36. The number of nitrogens with zero attached hydrogens (tertiary/aromatic N) is 2. The highest BCUT2D eigenvalue weighted by atomic mass is 16.2. The molecule has 2 N–H and O–H groups in total. The predicted molar refractivity (Wildman–Crippen MR) is 104 cm³/mol. The molecule has 0 radical (unpaired) electrons. The fourth-order valence-electron chi connectivity index (χ4n) is 3.89. The Bertz CT molecular complexity index is 996. The zero-order chi connectivity index (χ0) is 18.3. The highest BCUT2D eigenvalue weighted by Gasteiger charge is 2.34. The normalized spacial score (nSPS) is 20.2. The number of benzene rings is 2. The molecule has 0 saturated carbocycles. The second-order valence-electron chi connectivity index (χ2n) is 7.53. The van der Waals surface area contributed by atoms with Gasteiger partial charge in [-0.05, 0) is 42.6 Å². The van der Waals surface area contributed by atoms with Gasteiger partial charge in [0.25, 0.3) is 0 Å². The van der Waals surface area contributed by atoms with Crippen LogP contribution in [0.5, 0.6) is 0 Å². The molecule has 0 aliphatic carbocycles. The third-order valence-corrected chi connectivity index (χ3v) is 5.58. The second kappa shape index (κ2) is 6.25. The minimum absolute atomic E-state index is 0.00331. The summed E-state index contributed by atoms with van der Waals surface area (Å²) >= 11 is 0. The molecule has 26 heavy (non-hydrogen) atoms. The van der Waals surface area contributed by atoms with E-state index in [0.717, 1.165) is 24.0 Å². The van der Waals surface area contributed by atoms with E-state index < -0.39 is 0 Å². The minimum atomic E-state index is 0.00331. The van der Waals surface area contributed by atoms with Gasteiger partial charge in [0.15, 0.2) is 5.43 Å². The summed E-state index contributed by atoms with van der Waals surface area (Å²) in [5.41, 5.74) is 7.48. The molecule has 1 aromatic heterocycles. The Hall–Kier alpha value is -2.66. The van der Waals surface area contributed by atoms with E-state index in [1.165, 1.54) is 0 Å². The first-order chi connectivity index (χ1) is 12.5. The Morgan fingerprint density at radius 2 is 1.65 bits per heavy atom. The average molecular weight is 349 g/mol. The summed E-state index contributed by atoms with van der Waals surface area (Å²) < 4.78 is 1.96. The number of hydrogen-bond acceptors (Lipinski definition) is 3. The molecule has 2 aromatic carbocycles. The van der Waals surface area contributed by atoms with Crippen molar-refractivity contribution >= 4 is 27.7 Å². The van der Waals surface area contributed by atoms with Gasteiger partial charge in [0.1, 0.15) is 6.54 Å². The Balaban J connectivity index is 1.79. The van der Waals surface area contributed by atoms with E-state index in [9.17, 15) is 9.59 Å². The quantitative estimate of drug-likeness (QED) is 0.738. The molecule has 2 heterocycles. The zero-order valence-electron chi connectivity index (χ0n) is 14.9. The molecule has 4 rings (SSSR count). The number of likely N-dealkylation sites (tertiary alicyclic amines) is 1. The van der Waals surface area contributed by atoms with Crippen molar-refractivity contribution in [2.24, 2.45) is 11.1 Å². The van der Waals surface area contributed by atoms with Crippen LogP contribution in [0.25, 0.3) is 21.8 Å². The van der Waals surface area contributed by atoms with Crippen molar-refractivity contribution in [1.29, 1.82) is 0 Å². The summed E-state index contributed by atoms with van der Waals surface area (Å²) in [5, 5.41) is 1.29. The van der Waals surface area contributed by atoms with Crippen LogP contribution in [0.3, 0.4) is 0 Å². The molecule has 1 unspecified atom stereocenters. The molecule has 134 valence electrons. The first-order valence-electron chi connectivity index (χ1n) is 9.00. The van der Waals surface area contributed by atoms with Crippen LogP contribution < -0.4 is 11.2 Å². The monoisotopic (exact) mass is 349 g/mol. The maximum atomic E-state index is 13.0. The maximum Gasteiger partial charge on any atom is 0.242 e. The molecule has 0 spiro atoms. The molecule has 5 heteroatoms. The van der Waals surface area contributed by atoms with E-state index >= 15 is 0 Å². The largest absolute Gasteiger partial charge is 0.341 e. The molecule has 1 atom stereocenters. The summed E-state index contributed by atoms with van der Waals surface area (Å²) in [6.07, 6.45) is 0.931. The average Bonchev–Trinajstić information content (AvgIpc) is 3.08. The molecular weight excluding hydrogens is 326 g/mol. The van der Waals surface area contributed by atoms with Gasteiger partial charge in [0, 0.05) is 23.9 Å². The summed E-state index contributed by atoms with van der Waals surface area (Å²) in [4.78, 5) is 27.7. The molecule has 1 aliphatic heterocycles. The van der Waals surface area contributed by atoms with Crippen molar-refractivity contribution in [3.63, 3.8) is 0 Å². The molecule has 1 amide bonds. The topological polar surface area (TPSA) is 68.3 Å². The molecular formula is C21H23N3O2. The third kappa shape index (κ3) is 2.69. The summed E-state index contributed by atoms with van der Waals surface area (Å²) in [6.45, 7) is 4.37. The number of rotatable bonds is 3. The van der Waals surface area contributed by atoms with Crippen molar-refractivity contribution in [1.82, 2.24) is 9.47 Å². The number of fused-ring (bicyclic) bond motifs is 2. The van der Waals surface area contributed by atoms with Crippen LogP contribution in [-0.2, 0) is 11.3 Å². The smallest absolute Gasteiger partial charge is 0.242 e. The molecule has 3 aromatic rings. The molecule has 1 saturated heterocycles. The standard InChI is InChI=1S/C21H23N3O2/c1-21(13-22)10-11-23(14-21)19(25)12-24-17-8-4-2-6-15(17)20(26)16-7-3-5-9-18(16)24/h2-9H,10-14,22H2,1H3. The van der Waals surface area contributed by atoms with Gasteiger partial charge in [-0.25, -0.2) is 0 Å². The molecule has 1 fully saturated rings. The Morgan fingerprint density at radius 3 is 2.19 bits per heavy atom. The lowest BCUT2D eigenvalue weighted by molar-refractivity contribution is -0.131. The van der Waals surface area contributed by atoms with Crippen LogP contribution in [0.1, 0.15) is 13.3 Å². The van der Waals surface area contributed by atoms with Gasteiger partial charge < -0.3 is 15.2 Å². The SMILES string of the molecule is CC1(CN)CCN(C(=O)Cn2c3ccccc3c(=O)c3ccccc32)C1. The number of amides is 1. The lowest BCUT2D eigenvalue weighted by Gasteiger charge is -2.23. The number of nitrogens with two attached hydrogens (primary N) is 1. The van der Waals surface area contributed by atoms with Crippen LogP contribution in [0.2, 0.25) is 0 Å². The van der Waals surface area contributed by atoms with E-state index in [4.69, 9.17) is 5.73 Å². The number of pyridine rings is 1. The fraction of sp³-hybridized carbons (Fsp3) is 0.333. The van der Waals surface area contributed by atoms with Crippen molar-refractivity contribution in [3.8, 4) is 0 Å². The Labute approximate surface area is 152 Å². The van der Waals surface area contributed by atoms with Crippen molar-refractivity contribution in [2.75, 3.05) is 19.6 Å². The predicted octanol–water partition coefficient (Wildman–Crippen LogP) is 2.35. The van der Waals surface area contributed by atoms with Gasteiger partial charge in [-0.2, -0.15) is 0 Å². The van der Waals surface area contributed by atoms with Gasteiger partial charge in [-0.15, -0.1) is 0 Å². The van der Waals surface area contributed by atoms with E-state index in [1.54, 1.807) is 0 Å². The summed E-state index contributed by atoms with van der Waals surface area (Å²) in [6, 6.07) is 15.0. The summed E-state index contributed by atoms with van der Waals surface area (Å²) in [5.74, 6) is 0.0705. The van der Waals surface area contributed by atoms with Gasteiger partial charge in [-0.3, -0.25) is 9.59 Å². The first kappa shape index (κ1) is 16.8. The zero-order valence-corrected chi connectivity index (χ0v) is 14.9. The third-order valence-electron chi connectivity index (χ3n) is 5.58. The van der Waals surface area contributed by atoms with Crippen molar-refractivity contribution < 1.29 is 4.79 Å². The van der Waals surface area contributed by atoms with Crippen LogP contribution in [0.4, 0.5) is 0 Å². The van der Waals surface area contributed by atoms with Gasteiger partial charge in [0.2, 0.25) is 5.91 Å². The first-order valence-corrected chi connectivity index (χ1v) is 9.00. The highest BCUT2D eigenvalue weighted by Crippen LogP contribution is 2.29. The Kier molecular flexibility index (Phi) is 4.04. The summed E-state index contributed by atoms with van der Waals surface area (Å²) in [7, 11) is 0. The second-order valence-corrected chi connectivity index (χ2v) is 7.53. The van der Waals surface area contributed by atoms with Gasteiger partial charge >= 0.3 is 0 Å². The van der Waals surface area contributed by atoms with Crippen LogP contribution in [0, 0.1) is 5.41 Å².